The van der Waals surface area contributed by atoms with Crippen LogP contribution >= 0.6 is 11.9 Å². The van der Waals surface area contributed by atoms with Crippen LogP contribution in [-0.4, -0.2) is 28.3 Å². The summed E-state index contributed by atoms with van der Waals surface area (Å²) in [6, 6.07) is 7.47. The van der Waals surface area contributed by atoms with Crippen molar-refractivity contribution >= 4 is 35.4 Å². The lowest BCUT2D eigenvalue weighted by molar-refractivity contribution is 0.00578. The van der Waals surface area contributed by atoms with E-state index < -0.39 is 13.1 Å². The van der Waals surface area contributed by atoms with Crippen LogP contribution in [0.2, 0.25) is 0 Å². The van der Waals surface area contributed by atoms with Crippen molar-refractivity contribution in [1.82, 2.24) is 3.97 Å². The number of hydrogen-bond acceptors (Lipinski definition) is 3. The second kappa shape index (κ2) is 5.04. The Hall–Kier alpha value is -0.975. The summed E-state index contributed by atoms with van der Waals surface area (Å²) in [4.78, 5) is 0. The molecule has 0 radical (unpaired) electrons. The second-order valence-electron chi connectivity index (χ2n) is 6.25. The normalized spacial score (nSPS) is 20.3. The van der Waals surface area contributed by atoms with Crippen LogP contribution in [0.1, 0.15) is 27.7 Å². The predicted octanol–water partition coefficient (Wildman–Crippen LogP) is 3.36. The fourth-order valence-electron chi connectivity index (χ4n) is 2.51. The van der Waals surface area contributed by atoms with E-state index in [4.69, 9.17) is 9.31 Å². The van der Waals surface area contributed by atoms with E-state index in [1.807, 2.05) is 62.1 Å². The largest absolute Gasteiger partial charge is 0.495 e. The molecule has 21 heavy (non-hydrogen) atoms. The summed E-state index contributed by atoms with van der Waals surface area (Å²) in [7, 11) is -0.398. The van der Waals surface area contributed by atoms with E-state index in [2.05, 4.69) is 0 Å². The van der Waals surface area contributed by atoms with Gasteiger partial charge >= 0.3 is 7.12 Å². The maximum atomic E-state index is 12.6. The van der Waals surface area contributed by atoms with E-state index in [0.29, 0.717) is 0 Å². The van der Waals surface area contributed by atoms with E-state index in [1.165, 1.54) is 0 Å². The van der Waals surface area contributed by atoms with Crippen molar-refractivity contribution in [3.8, 4) is 0 Å². The molecule has 112 valence electrons. The molecule has 1 aromatic heterocycles. The van der Waals surface area contributed by atoms with Crippen LogP contribution in [-0.2, 0) is 9.31 Å². The molecule has 1 aliphatic heterocycles. The number of rotatable bonds is 3. The Kier molecular flexibility index (Phi) is 3.58. The summed E-state index contributed by atoms with van der Waals surface area (Å²) in [5.74, 6) is 0. The van der Waals surface area contributed by atoms with Gasteiger partial charge < -0.3 is 9.31 Å². The Morgan fingerprint density at radius 3 is 2.43 bits per heavy atom. The van der Waals surface area contributed by atoms with Crippen LogP contribution < -0.4 is 5.46 Å². The highest BCUT2D eigenvalue weighted by Crippen LogP contribution is 2.37. The number of hydrogen-bond donors (Lipinski definition) is 0. The summed E-state index contributed by atoms with van der Waals surface area (Å²) in [6.07, 6.45) is 1.88. The van der Waals surface area contributed by atoms with Crippen LogP contribution in [0.15, 0.2) is 30.5 Å². The van der Waals surface area contributed by atoms with E-state index in [1.54, 1.807) is 0 Å². The number of halogens is 1. The van der Waals surface area contributed by atoms with E-state index in [-0.39, 0.29) is 11.2 Å². The molecule has 0 spiro atoms. The molecule has 0 amide bonds. The minimum atomic E-state index is -0.454. The first-order valence-corrected chi connectivity index (χ1v) is 7.95. The fourth-order valence-corrected chi connectivity index (χ4v) is 3.06. The zero-order valence-corrected chi connectivity index (χ0v) is 13.5. The third kappa shape index (κ3) is 2.39. The third-order valence-corrected chi connectivity index (χ3v) is 5.12. The molecule has 1 aromatic carbocycles. The molecule has 0 aliphatic carbocycles. The van der Waals surface area contributed by atoms with Gasteiger partial charge in [-0.25, -0.2) is 4.39 Å². The van der Waals surface area contributed by atoms with Crippen molar-refractivity contribution in [2.45, 2.75) is 38.9 Å². The van der Waals surface area contributed by atoms with Gasteiger partial charge in [-0.1, -0.05) is 12.1 Å². The lowest BCUT2D eigenvalue weighted by Crippen LogP contribution is -2.41. The Labute approximate surface area is 129 Å². The van der Waals surface area contributed by atoms with Gasteiger partial charge in [-0.2, -0.15) is 0 Å². The zero-order valence-electron chi connectivity index (χ0n) is 12.7. The maximum Gasteiger partial charge on any atom is 0.495 e. The van der Waals surface area contributed by atoms with Crippen molar-refractivity contribution in [1.29, 1.82) is 0 Å². The average Bonchev–Trinajstić information content (AvgIpc) is 2.89. The predicted molar refractivity (Wildman–Crippen MR) is 86.6 cm³/mol. The topological polar surface area (TPSA) is 23.4 Å². The van der Waals surface area contributed by atoms with Gasteiger partial charge in [-0.3, -0.25) is 3.97 Å². The Morgan fingerprint density at radius 2 is 1.81 bits per heavy atom. The molecular weight excluding hydrogens is 288 g/mol. The molecule has 0 bridgehead atoms. The molecule has 0 N–H and O–H groups in total. The van der Waals surface area contributed by atoms with E-state index in [0.717, 1.165) is 28.3 Å². The Balaban J connectivity index is 2.03. The number of fused-ring (bicyclic) bond motifs is 1. The van der Waals surface area contributed by atoms with Gasteiger partial charge in [0, 0.05) is 11.6 Å². The van der Waals surface area contributed by atoms with Gasteiger partial charge in [0.1, 0.15) is 0 Å². The van der Waals surface area contributed by atoms with Crippen LogP contribution in [0.4, 0.5) is 4.39 Å². The summed E-state index contributed by atoms with van der Waals surface area (Å²) >= 11 is 1.13. The monoisotopic (exact) mass is 307 g/mol. The highest BCUT2D eigenvalue weighted by molar-refractivity contribution is 7.97. The number of alkyl halides is 1. The fraction of sp³-hybridized carbons (Fsp3) is 0.467. The van der Waals surface area contributed by atoms with Crippen LogP contribution in [0.25, 0.3) is 10.9 Å². The SMILES string of the molecule is CC1(C)OB(c2cccc3c2ccn3SCF)OC1(C)C. The summed E-state index contributed by atoms with van der Waals surface area (Å²) < 4.78 is 26.6. The lowest BCUT2D eigenvalue weighted by Gasteiger charge is -2.32. The molecule has 3 nitrogen and oxygen atoms in total. The molecule has 1 fully saturated rings. The van der Waals surface area contributed by atoms with Crippen molar-refractivity contribution < 1.29 is 13.7 Å². The molecule has 2 heterocycles. The van der Waals surface area contributed by atoms with E-state index in [9.17, 15) is 4.39 Å². The first-order chi connectivity index (χ1) is 9.86. The van der Waals surface area contributed by atoms with Gasteiger partial charge in [-0.15, -0.1) is 0 Å². The van der Waals surface area contributed by atoms with Crippen molar-refractivity contribution in [3.63, 3.8) is 0 Å². The molecule has 2 aromatic rings. The van der Waals surface area contributed by atoms with Crippen molar-refractivity contribution in [3.05, 3.63) is 30.5 Å². The maximum absolute atomic E-state index is 12.6. The van der Waals surface area contributed by atoms with Gasteiger partial charge in [0.05, 0.1) is 16.7 Å². The highest BCUT2D eigenvalue weighted by Gasteiger charge is 2.52. The van der Waals surface area contributed by atoms with Gasteiger partial charge in [-0.05, 0) is 57.2 Å². The summed E-state index contributed by atoms with van der Waals surface area (Å²) in [5.41, 5.74) is 1.24. The summed E-state index contributed by atoms with van der Waals surface area (Å²) in [5, 5.41) is 1.04. The first kappa shape index (κ1) is 14.9. The van der Waals surface area contributed by atoms with Gasteiger partial charge in [0.15, 0.2) is 6.01 Å². The smallest absolute Gasteiger partial charge is 0.399 e. The van der Waals surface area contributed by atoms with Crippen molar-refractivity contribution in [2.75, 3.05) is 6.01 Å². The number of aromatic nitrogens is 1. The summed E-state index contributed by atoms with van der Waals surface area (Å²) in [6.45, 7) is 8.16. The van der Waals surface area contributed by atoms with Crippen molar-refractivity contribution in [2.24, 2.45) is 0 Å². The minimum absolute atomic E-state index is 0.365. The Bertz CT molecular complexity index is 655. The van der Waals surface area contributed by atoms with E-state index >= 15 is 0 Å². The molecule has 0 unspecified atom stereocenters. The molecule has 3 rings (SSSR count). The quantitative estimate of drug-likeness (QED) is 0.812. The second-order valence-corrected chi connectivity index (χ2v) is 7.12. The molecule has 0 atom stereocenters. The molecule has 6 heteroatoms. The average molecular weight is 307 g/mol. The minimum Gasteiger partial charge on any atom is -0.399 e. The molecule has 0 saturated carbocycles. The standard InChI is InChI=1S/C15H19BFNO2S/c1-14(2)15(3,4)20-16(19-14)12-6-5-7-13-11(12)8-9-18(13)21-10-17/h5-9H,10H2,1-4H3. The number of benzene rings is 1. The molecule has 1 saturated heterocycles. The number of nitrogens with zero attached hydrogens (tertiary/aromatic N) is 1. The molecule has 1 aliphatic rings. The molecular formula is C15H19BFNO2S. The zero-order chi connectivity index (χ0) is 15.3. The van der Waals surface area contributed by atoms with Crippen LogP contribution in [0.5, 0.6) is 0 Å². The third-order valence-electron chi connectivity index (χ3n) is 4.43. The van der Waals surface area contributed by atoms with Gasteiger partial charge in [0.25, 0.3) is 0 Å². The Morgan fingerprint density at radius 1 is 1.14 bits per heavy atom. The van der Waals surface area contributed by atoms with Gasteiger partial charge in [0.2, 0.25) is 0 Å². The highest BCUT2D eigenvalue weighted by atomic mass is 32.2. The van der Waals surface area contributed by atoms with Crippen LogP contribution in [0, 0.1) is 0 Å². The lowest BCUT2D eigenvalue weighted by atomic mass is 9.77. The van der Waals surface area contributed by atoms with Crippen LogP contribution in [0.3, 0.4) is 0 Å². The first-order valence-electron chi connectivity index (χ1n) is 7.00.